The predicted octanol–water partition coefficient (Wildman–Crippen LogP) is 3.24. The molecule has 0 aliphatic carbocycles. The molecule has 0 radical (unpaired) electrons. The molecular formula is C16H16N4O2S. The smallest absolute Gasteiger partial charge is 0.269 e. The molecule has 2 N–H and O–H groups in total. The second-order valence-corrected chi connectivity index (χ2v) is 5.75. The van der Waals surface area contributed by atoms with Gasteiger partial charge in [-0.3, -0.25) is 20.5 Å². The zero-order chi connectivity index (χ0) is 16.4. The maximum atomic E-state index is 10.7. The summed E-state index contributed by atoms with van der Waals surface area (Å²) in [5, 5.41) is 16.5. The van der Waals surface area contributed by atoms with Crippen molar-refractivity contribution in [3.05, 3.63) is 70.3 Å². The summed E-state index contributed by atoms with van der Waals surface area (Å²) in [7, 11) is 0. The highest BCUT2D eigenvalue weighted by atomic mass is 32.1. The van der Waals surface area contributed by atoms with Crippen molar-refractivity contribution < 1.29 is 4.92 Å². The van der Waals surface area contributed by atoms with E-state index in [1.54, 1.807) is 12.1 Å². The van der Waals surface area contributed by atoms with Crippen molar-refractivity contribution >= 4 is 28.7 Å². The Morgan fingerprint density at radius 1 is 1.17 bits per heavy atom. The molecule has 2 unspecified atom stereocenters. The molecule has 3 rings (SSSR count). The second-order valence-electron chi connectivity index (χ2n) is 5.36. The molecule has 1 fully saturated rings. The van der Waals surface area contributed by atoms with E-state index in [1.165, 1.54) is 12.1 Å². The molecule has 1 heterocycles. The molecule has 7 heteroatoms. The zero-order valence-corrected chi connectivity index (χ0v) is 13.3. The average Bonchev–Trinajstić information content (AvgIpc) is 2.84. The van der Waals surface area contributed by atoms with Gasteiger partial charge in [-0.2, -0.15) is 0 Å². The van der Waals surface area contributed by atoms with Crippen LogP contribution in [-0.4, -0.2) is 21.1 Å². The maximum absolute atomic E-state index is 10.7. The summed E-state index contributed by atoms with van der Waals surface area (Å²) >= 11 is 5.41. The Labute approximate surface area is 139 Å². The first kappa shape index (κ1) is 15.2. The molecule has 118 valence electrons. The molecular weight excluding hydrogens is 312 g/mol. The van der Waals surface area contributed by atoms with Crippen LogP contribution >= 0.6 is 12.2 Å². The van der Waals surface area contributed by atoms with Crippen LogP contribution in [0.4, 0.5) is 11.4 Å². The standard InChI is InChI=1S/C16H16N4O2S/c1-11-15(12-5-3-2-4-6-12)17-16(23)19(11)18-13-7-9-14(10-8-13)20(21)22/h2-11,15,18H,1H3,(H,17,23). The summed E-state index contributed by atoms with van der Waals surface area (Å²) < 4.78 is 0. The van der Waals surface area contributed by atoms with E-state index in [1.807, 2.05) is 23.2 Å². The van der Waals surface area contributed by atoms with Gasteiger partial charge >= 0.3 is 0 Å². The van der Waals surface area contributed by atoms with Gasteiger partial charge in [0.15, 0.2) is 5.11 Å². The zero-order valence-electron chi connectivity index (χ0n) is 12.5. The van der Waals surface area contributed by atoms with E-state index >= 15 is 0 Å². The van der Waals surface area contributed by atoms with Crippen LogP contribution in [-0.2, 0) is 0 Å². The molecule has 0 bridgehead atoms. The lowest BCUT2D eigenvalue weighted by Crippen LogP contribution is -2.37. The minimum atomic E-state index is -0.417. The summed E-state index contributed by atoms with van der Waals surface area (Å²) in [5.74, 6) is 0. The first-order chi connectivity index (χ1) is 11.1. The highest BCUT2D eigenvalue weighted by Gasteiger charge is 2.34. The average molecular weight is 328 g/mol. The Morgan fingerprint density at radius 2 is 1.83 bits per heavy atom. The van der Waals surface area contributed by atoms with Gasteiger partial charge in [0.1, 0.15) is 0 Å². The number of hydrazine groups is 1. The molecule has 1 aliphatic heterocycles. The maximum Gasteiger partial charge on any atom is 0.269 e. The number of hydrogen-bond donors (Lipinski definition) is 2. The Bertz CT molecular complexity index is 721. The number of nitrogens with one attached hydrogen (secondary N) is 2. The van der Waals surface area contributed by atoms with Crippen molar-refractivity contribution in [3.8, 4) is 0 Å². The Balaban J connectivity index is 1.75. The van der Waals surface area contributed by atoms with E-state index in [0.29, 0.717) is 5.11 Å². The monoisotopic (exact) mass is 328 g/mol. The number of thiocarbonyl (C=S) groups is 1. The van der Waals surface area contributed by atoms with Gasteiger partial charge in [-0.25, -0.2) is 0 Å². The van der Waals surface area contributed by atoms with E-state index in [9.17, 15) is 10.1 Å². The first-order valence-electron chi connectivity index (χ1n) is 7.22. The Kier molecular flexibility index (Phi) is 4.12. The third kappa shape index (κ3) is 3.09. The van der Waals surface area contributed by atoms with Gasteiger partial charge < -0.3 is 5.32 Å². The second kappa shape index (κ2) is 6.21. The largest absolute Gasteiger partial charge is 0.352 e. The number of anilines is 1. The molecule has 0 saturated carbocycles. The van der Waals surface area contributed by atoms with Crippen LogP contribution < -0.4 is 10.7 Å². The summed E-state index contributed by atoms with van der Waals surface area (Å²) in [6.45, 7) is 2.07. The number of benzene rings is 2. The molecule has 1 saturated heterocycles. The SMILES string of the molecule is CC1C(c2ccccc2)NC(=S)N1Nc1ccc([N+](=O)[O-])cc1. The molecule has 2 atom stereocenters. The van der Waals surface area contributed by atoms with Gasteiger partial charge in [-0.1, -0.05) is 30.3 Å². The van der Waals surface area contributed by atoms with Crippen LogP contribution in [0, 0.1) is 10.1 Å². The Hall–Kier alpha value is -2.67. The summed E-state index contributed by atoms with van der Waals surface area (Å²) in [6, 6.07) is 16.6. The molecule has 0 amide bonds. The number of nitro benzene ring substituents is 1. The van der Waals surface area contributed by atoms with Gasteiger partial charge in [0.25, 0.3) is 5.69 Å². The van der Waals surface area contributed by atoms with Crippen molar-refractivity contribution in [2.24, 2.45) is 0 Å². The fourth-order valence-corrected chi connectivity index (χ4v) is 2.97. The van der Waals surface area contributed by atoms with E-state index in [-0.39, 0.29) is 17.8 Å². The van der Waals surface area contributed by atoms with E-state index in [4.69, 9.17) is 12.2 Å². The lowest BCUT2D eigenvalue weighted by Gasteiger charge is -2.25. The van der Waals surface area contributed by atoms with Crippen molar-refractivity contribution in [1.29, 1.82) is 0 Å². The van der Waals surface area contributed by atoms with Gasteiger partial charge in [0.2, 0.25) is 0 Å². The number of hydrogen-bond acceptors (Lipinski definition) is 4. The van der Waals surface area contributed by atoms with Crippen LogP contribution in [0.25, 0.3) is 0 Å². The van der Waals surface area contributed by atoms with Crippen molar-refractivity contribution in [1.82, 2.24) is 10.3 Å². The number of nitrogens with zero attached hydrogens (tertiary/aromatic N) is 2. The highest BCUT2D eigenvalue weighted by Crippen LogP contribution is 2.27. The number of nitro groups is 1. The molecule has 0 spiro atoms. The fourth-order valence-electron chi connectivity index (χ4n) is 2.63. The lowest BCUT2D eigenvalue weighted by molar-refractivity contribution is -0.384. The van der Waals surface area contributed by atoms with Crippen LogP contribution in [0.2, 0.25) is 0 Å². The van der Waals surface area contributed by atoms with Crippen LogP contribution in [0.15, 0.2) is 54.6 Å². The van der Waals surface area contributed by atoms with Crippen molar-refractivity contribution in [2.75, 3.05) is 5.43 Å². The number of rotatable bonds is 4. The normalized spacial score (nSPS) is 20.2. The molecule has 2 aromatic rings. The fraction of sp³-hybridized carbons (Fsp3) is 0.188. The first-order valence-corrected chi connectivity index (χ1v) is 7.63. The molecule has 1 aliphatic rings. The van der Waals surface area contributed by atoms with E-state index in [0.717, 1.165) is 11.3 Å². The van der Waals surface area contributed by atoms with Gasteiger partial charge in [-0.15, -0.1) is 0 Å². The molecule has 6 nitrogen and oxygen atoms in total. The van der Waals surface area contributed by atoms with Gasteiger partial charge in [-0.05, 0) is 36.8 Å². The van der Waals surface area contributed by atoms with Gasteiger partial charge in [0, 0.05) is 12.1 Å². The Morgan fingerprint density at radius 3 is 2.43 bits per heavy atom. The van der Waals surface area contributed by atoms with Crippen LogP contribution in [0.3, 0.4) is 0 Å². The summed E-state index contributed by atoms with van der Waals surface area (Å²) in [5.41, 5.74) is 5.19. The van der Waals surface area contributed by atoms with Crippen molar-refractivity contribution in [3.63, 3.8) is 0 Å². The minimum Gasteiger partial charge on any atom is -0.352 e. The predicted molar refractivity (Wildman–Crippen MR) is 92.9 cm³/mol. The summed E-state index contributed by atoms with van der Waals surface area (Å²) in [6.07, 6.45) is 0. The third-order valence-corrected chi connectivity index (χ3v) is 4.19. The summed E-state index contributed by atoms with van der Waals surface area (Å²) in [4.78, 5) is 10.3. The van der Waals surface area contributed by atoms with Crippen LogP contribution in [0.1, 0.15) is 18.5 Å². The lowest BCUT2D eigenvalue weighted by atomic mass is 10.0. The minimum absolute atomic E-state index is 0.0629. The topological polar surface area (TPSA) is 70.4 Å². The van der Waals surface area contributed by atoms with Gasteiger partial charge in [0.05, 0.1) is 22.7 Å². The van der Waals surface area contributed by atoms with Crippen molar-refractivity contribution in [2.45, 2.75) is 19.0 Å². The number of non-ortho nitro benzene ring substituents is 1. The van der Waals surface area contributed by atoms with E-state index in [2.05, 4.69) is 29.8 Å². The molecule has 0 aromatic heterocycles. The molecule has 2 aromatic carbocycles. The van der Waals surface area contributed by atoms with Crippen LogP contribution in [0.5, 0.6) is 0 Å². The highest BCUT2D eigenvalue weighted by molar-refractivity contribution is 7.80. The van der Waals surface area contributed by atoms with E-state index < -0.39 is 4.92 Å². The molecule has 23 heavy (non-hydrogen) atoms. The third-order valence-electron chi connectivity index (χ3n) is 3.87. The quantitative estimate of drug-likeness (QED) is 0.510.